The number of fused-ring (bicyclic) bond motifs is 1. The molecule has 0 saturated carbocycles. The Bertz CT molecular complexity index is 329. The average molecular weight is 234 g/mol. The fourth-order valence-corrected chi connectivity index (χ4v) is 2.38. The third-order valence-electron chi connectivity index (χ3n) is 3.29. The van der Waals surface area contributed by atoms with Crippen molar-refractivity contribution in [1.82, 2.24) is 10.2 Å². The highest BCUT2D eigenvalue weighted by Gasteiger charge is 2.20. The van der Waals surface area contributed by atoms with E-state index in [-0.39, 0.29) is 12.6 Å². The molecule has 2 rings (SSSR count). The van der Waals surface area contributed by atoms with Crippen molar-refractivity contribution in [1.29, 1.82) is 0 Å². The number of nitrogens with zero attached hydrogens (tertiary/aromatic N) is 1. The summed E-state index contributed by atoms with van der Waals surface area (Å²) in [5.41, 5.74) is 2.86. The summed E-state index contributed by atoms with van der Waals surface area (Å²) in [7, 11) is 0. The van der Waals surface area contributed by atoms with E-state index in [1.165, 1.54) is 11.1 Å². The van der Waals surface area contributed by atoms with Gasteiger partial charge in [0.15, 0.2) is 0 Å². The molecule has 1 heterocycles. The maximum atomic E-state index is 9.34. The van der Waals surface area contributed by atoms with Gasteiger partial charge in [0, 0.05) is 25.7 Å². The molecule has 0 aromatic heterocycles. The van der Waals surface area contributed by atoms with Crippen molar-refractivity contribution in [2.75, 3.05) is 19.7 Å². The van der Waals surface area contributed by atoms with Gasteiger partial charge in [-0.15, -0.1) is 0 Å². The SMILES string of the molecule is CCCNC(CO)CN1Cc2ccccc2C1. The molecule has 2 N–H and O–H groups in total. The van der Waals surface area contributed by atoms with E-state index >= 15 is 0 Å². The summed E-state index contributed by atoms with van der Waals surface area (Å²) in [6.45, 7) is 6.29. The second kappa shape index (κ2) is 6.15. The summed E-state index contributed by atoms with van der Waals surface area (Å²) in [4.78, 5) is 2.40. The van der Waals surface area contributed by atoms with E-state index in [9.17, 15) is 5.11 Å². The molecule has 3 nitrogen and oxygen atoms in total. The lowest BCUT2D eigenvalue weighted by molar-refractivity contribution is 0.182. The van der Waals surface area contributed by atoms with E-state index in [2.05, 4.69) is 41.4 Å². The first-order valence-electron chi connectivity index (χ1n) is 6.47. The van der Waals surface area contributed by atoms with Crippen LogP contribution in [0.1, 0.15) is 24.5 Å². The van der Waals surface area contributed by atoms with Crippen molar-refractivity contribution in [3.8, 4) is 0 Å². The summed E-state index contributed by atoms with van der Waals surface area (Å²) in [5, 5.41) is 12.7. The predicted molar refractivity (Wildman–Crippen MR) is 69.7 cm³/mol. The van der Waals surface area contributed by atoms with Crippen molar-refractivity contribution in [3.05, 3.63) is 35.4 Å². The molecular formula is C14H22N2O. The molecule has 17 heavy (non-hydrogen) atoms. The van der Waals surface area contributed by atoms with Crippen LogP contribution in [0.25, 0.3) is 0 Å². The van der Waals surface area contributed by atoms with Crippen LogP contribution in [-0.4, -0.2) is 35.7 Å². The van der Waals surface area contributed by atoms with Gasteiger partial charge in [-0.25, -0.2) is 0 Å². The number of hydrogen-bond acceptors (Lipinski definition) is 3. The van der Waals surface area contributed by atoms with Crippen LogP contribution in [0.5, 0.6) is 0 Å². The van der Waals surface area contributed by atoms with E-state index in [1.807, 2.05) is 0 Å². The maximum Gasteiger partial charge on any atom is 0.0597 e. The highest BCUT2D eigenvalue weighted by molar-refractivity contribution is 5.30. The molecule has 3 heteroatoms. The third kappa shape index (κ3) is 3.28. The molecular weight excluding hydrogens is 212 g/mol. The average Bonchev–Trinajstić information content (AvgIpc) is 2.76. The summed E-state index contributed by atoms with van der Waals surface area (Å²) in [5.74, 6) is 0. The van der Waals surface area contributed by atoms with Crippen molar-refractivity contribution in [3.63, 3.8) is 0 Å². The quantitative estimate of drug-likeness (QED) is 0.780. The summed E-state index contributed by atoms with van der Waals surface area (Å²) in [6, 6.07) is 8.79. The first kappa shape index (κ1) is 12.6. The van der Waals surface area contributed by atoms with Crippen LogP contribution in [0.2, 0.25) is 0 Å². The first-order chi connectivity index (χ1) is 8.33. The van der Waals surface area contributed by atoms with E-state index in [1.54, 1.807) is 0 Å². The number of aliphatic hydroxyl groups excluding tert-OH is 1. The van der Waals surface area contributed by atoms with Gasteiger partial charge in [-0.3, -0.25) is 4.90 Å². The van der Waals surface area contributed by atoms with Gasteiger partial charge in [0.25, 0.3) is 0 Å². The van der Waals surface area contributed by atoms with Crippen LogP contribution in [0.4, 0.5) is 0 Å². The molecule has 1 unspecified atom stereocenters. The van der Waals surface area contributed by atoms with Gasteiger partial charge in [-0.05, 0) is 24.1 Å². The Balaban J connectivity index is 1.85. The minimum Gasteiger partial charge on any atom is -0.395 e. The lowest BCUT2D eigenvalue weighted by Crippen LogP contribution is -2.42. The predicted octanol–water partition coefficient (Wildman–Crippen LogP) is 1.36. The van der Waals surface area contributed by atoms with E-state index in [0.29, 0.717) is 0 Å². The third-order valence-corrected chi connectivity index (χ3v) is 3.29. The Morgan fingerprint density at radius 1 is 1.29 bits per heavy atom. The maximum absolute atomic E-state index is 9.34. The first-order valence-corrected chi connectivity index (χ1v) is 6.47. The topological polar surface area (TPSA) is 35.5 Å². The summed E-state index contributed by atoms with van der Waals surface area (Å²) >= 11 is 0. The van der Waals surface area contributed by atoms with Crippen LogP contribution in [0, 0.1) is 0 Å². The number of hydrogen-bond donors (Lipinski definition) is 2. The van der Waals surface area contributed by atoms with E-state index in [0.717, 1.165) is 32.6 Å². The Labute approximate surface area is 103 Å². The number of rotatable bonds is 6. The standard InChI is InChI=1S/C14H22N2O/c1-2-7-15-14(11-17)10-16-8-12-5-3-4-6-13(12)9-16/h3-6,14-15,17H,2,7-11H2,1H3. The van der Waals surface area contributed by atoms with Crippen molar-refractivity contribution >= 4 is 0 Å². The zero-order valence-corrected chi connectivity index (χ0v) is 10.5. The van der Waals surface area contributed by atoms with Crippen molar-refractivity contribution in [2.45, 2.75) is 32.5 Å². The number of nitrogens with one attached hydrogen (secondary N) is 1. The van der Waals surface area contributed by atoms with Gasteiger partial charge in [-0.2, -0.15) is 0 Å². The van der Waals surface area contributed by atoms with Crippen LogP contribution in [0.15, 0.2) is 24.3 Å². The minimum absolute atomic E-state index is 0.198. The Kier molecular flexibility index (Phi) is 4.54. The van der Waals surface area contributed by atoms with E-state index in [4.69, 9.17) is 0 Å². The molecule has 1 aliphatic heterocycles. The molecule has 0 aliphatic carbocycles. The lowest BCUT2D eigenvalue weighted by Gasteiger charge is -2.22. The highest BCUT2D eigenvalue weighted by atomic mass is 16.3. The van der Waals surface area contributed by atoms with Gasteiger partial charge in [0.05, 0.1) is 6.61 Å². The molecule has 0 amide bonds. The molecule has 0 saturated heterocycles. The second-order valence-electron chi connectivity index (χ2n) is 4.77. The van der Waals surface area contributed by atoms with Crippen LogP contribution in [0.3, 0.4) is 0 Å². The van der Waals surface area contributed by atoms with Gasteiger partial charge in [0.2, 0.25) is 0 Å². The molecule has 1 aromatic carbocycles. The van der Waals surface area contributed by atoms with Crippen molar-refractivity contribution < 1.29 is 5.11 Å². The molecule has 94 valence electrons. The van der Waals surface area contributed by atoms with Gasteiger partial charge in [0.1, 0.15) is 0 Å². The van der Waals surface area contributed by atoms with E-state index < -0.39 is 0 Å². The zero-order valence-electron chi connectivity index (χ0n) is 10.5. The second-order valence-corrected chi connectivity index (χ2v) is 4.77. The fourth-order valence-electron chi connectivity index (χ4n) is 2.38. The molecule has 0 fully saturated rings. The fraction of sp³-hybridized carbons (Fsp3) is 0.571. The molecule has 1 atom stereocenters. The lowest BCUT2D eigenvalue weighted by atomic mass is 10.1. The van der Waals surface area contributed by atoms with Crippen molar-refractivity contribution in [2.24, 2.45) is 0 Å². The number of aliphatic hydroxyl groups is 1. The monoisotopic (exact) mass is 234 g/mol. The number of benzene rings is 1. The smallest absolute Gasteiger partial charge is 0.0597 e. The van der Waals surface area contributed by atoms with Crippen LogP contribution < -0.4 is 5.32 Å². The molecule has 0 spiro atoms. The largest absolute Gasteiger partial charge is 0.395 e. The Morgan fingerprint density at radius 3 is 2.47 bits per heavy atom. The highest BCUT2D eigenvalue weighted by Crippen LogP contribution is 2.21. The normalized spacial score (nSPS) is 17.1. The zero-order chi connectivity index (χ0) is 12.1. The molecule has 1 aliphatic rings. The summed E-state index contributed by atoms with van der Waals surface area (Å²) < 4.78 is 0. The van der Waals surface area contributed by atoms with Gasteiger partial charge in [-0.1, -0.05) is 31.2 Å². The van der Waals surface area contributed by atoms with Crippen LogP contribution in [-0.2, 0) is 13.1 Å². The van der Waals surface area contributed by atoms with Crippen LogP contribution >= 0.6 is 0 Å². The Hall–Kier alpha value is -0.900. The molecule has 0 bridgehead atoms. The molecule has 0 radical (unpaired) electrons. The van der Waals surface area contributed by atoms with Gasteiger partial charge >= 0.3 is 0 Å². The molecule has 1 aromatic rings. The van der Waals surface area contributed by atoms with Gasteiger partial charge < -0.3 is 10.4 Å². The summed E-state index contributed by atoms with van der Waals surface area (Å²) in [6.07, 6.45) is 1.11. The Morgan fingerprint density at radius 2 is 1.94 bits per heavy atom. The minimum atomic E-state index is 0.198.